The van der Waals surface area contributed by atoms with Crippen LogP contribution in [-0.2, 0) is 4.79 Å². The Morgan fingerprint density at radius 2 is 1.67 bits per heavy atom. The molecule has 1 N–H and O–H groups in total. The minimum Gasteiger partial charge on any atom is -0.341 e. The Balaban J connectivity index is 4.88. The van der Waals surface area contributed by atoms with Gasteiger partial charge in [0, 0.05) is 14.1 Å². The maximum atomic E-state index is 11.1. The molecule has 0 rings (SSSR count). The monoisotopic (exact) mass is 220 g/mol. The molecule has 0 aromatic rings. The molecule has 0 spiro atoms. The number of likely N-dealkylation sites (N-methyl/N-ethyl adjacent to an activating group) is 1. The Bertz CT molecular complexity index is 301. The van der Waals surface area contributed by atoms with E-state index in [0.717, 1.165) is 7.05 Å². The summed E-state index contributed by atoms with van der Waals surface area (Å²) in [6, 6.07) is -0.964. The molecule has 0 saturated heterocycles. The molecule has 3 amide bonds. The van der Waals surface area contributed by atoms with Gasteiger partial charge in [0.1, 0.15) is 9.85 Å². The molecule has 0 aromatic carbocycles. The van der Waals surface area contributed by atoms with Gasteiger partial charge in [-0.1, -0.05) is 0 Å². The molecule has 0 bridgehead atoms. The van der Waals surface area contributed by atoms with Crippen molar-refractivity contribution < 1.29 is 19.4 Å². The average molecular weight is 220 g/mol. The van der Waals surface area contributed by atoms with Crippen LogP contribution in [0.3, 0.4) is 0 Å². The van der Waals surface area contributed by atoms with Gasteiger partial charge in [0.05, 0.1) is 0 Å². The van der Waals surface area contributed by atoms with Crippen molar-refractivity contribution in [1.82, 2.24) is 10.2 Å². The molecule has 0 atom stereocenters. The van der Waals surface area contributed by atoms with Crippen LogP contribution in [0.2, 0.25) is 0 Å². The van der Waals surface area contributed by atoms with E-state index in [-0.39, 0.29) is 4.90 Å². The zero-order chi connectivity index (χ0) is 12.2. The van der Waals surface area contributed by atoms with Crippen molar-refractivity contribution in [2.24, 2.45) is 0 Å². The molecule has 0 radical (unpaired) electrons. The first-order chi connectivity index (χ1) is 6.82. The fourth-order valence-electron chi connectivity index (χ4n) is 0.698. The summed E-state index contributed by atoms with van der Waals surface area (Å²) in [7, 11) is 2.08. The van der Waals surface area contributed by atoms with Gasteiger partial charge in [-0.3, -0.25) is 29.9 Å². The minimum absolute atomic E-state index is 0.274. The Morgan fingerprint density at radius 1 is 1.27 bits per heavy atom. The van der Waals surface area contributed by atoms with Crippen molar-refractivity contribution in [2.45, 2.75) is 6.17 Å². The Morgan fingerprint density at radius 3 is 1.93 bits per heavy atom. The second-order valence-electron chi connectivity index (χ2n) is 2.40. The highest BCUT2D eigenvalue weighted by Gasteiger charge is 2.45. The van der Waals surface area contributed by atoms with Crippen LogP contribution >= 0.6 is 0 Å². The molecule has 0 aliphatic heterocycles. The molecular formula is C5H8N4O6. The summed E-state index contributed by atoms with van der Waals surface area (Å²) in [5, 5.41) is 22.4. The van der Waals surface area contributed by atoms with E-state index in [2.05, 4.69) is 0 Å². The van der Waals surface area contributed by atoms with E-state index in [0.29, 0.717) is 0 Å². The van der Waals surface area contributed by atoms with Gasteiger partial charge in [-0.2, -0.15) is 0 Å². The number of carbonyl (C=O) groups excluding carboxylic acids is 2. The zero-order valence-electron chi connectivity index (χ0n) is 7.87. The van der Waals surface area contributed by atoms with Crippen LogP contribution in [0.4, 0.5) is 4.79 Å². The highest BCUT2D eigenvalue weighted by molar-refractivity contribution is 5.95. The summed E-state index contributed by atoms with van der Waals surface area (Å²) >= 11 is 0. The largest absolute Gasteiger partial charge is 0.527 e. The van der Waals surface area contributed by atoms with Gasteiger partial charge in [0.25, 0.3) is 0 Å². The Kier molecular flexibility index (Phi) is 4.10. The molecule has 0 heterocycles. The molecule has 84 valence electrons. The highest BCUT2D eigenvalue weighted by Crippen LogP contribution is 1.98. The normalized spacial score (nSPS) is 9.53. The van der Waals surface area contributed by atoms with E-state index in [1.807, 2.05) is 5.32 Å². The van der Waals surface area contributed by atoms with Crippen molar-refractivity contribution in [3.8, 4) is 0 Å². The van der Waals surface area contributed by atoms with Crippen LogP contribution in [-0.4, -0.2) is 46.9 Å². The fraction of sp³-hybridized carbons (Fsp3) is 0.600. The van der Waals surface area contributed by atoms with Gasteiger partial charge in [-0.15, -0.1) is 0 Å². The number of nitrogens with zero attached hydrogens (tertiary/aromatic N) is 3. The maximum Gasteiger partial charge on any atom is 0.527 e. The highest BCUT2D eigenvalue weighted by atomic mass is 16.7. The number of urea groups is 1. The standard InChI is InChI=1S/C5H8N4O6/c1-6-5(11)7(2)4(10)3(8(12)13)9(14)15/h3H,1-2H3,(H,6,11). The van der Waals surface area contributed by atoms with Crippen molar-refractivity contribution in [2.75, 3.05) is 14.1 Å². The third-order valence-corrected chi connectivity index (χ3v) is 1.47. The fourth-order valence-corrected chi connectivity index (χ4v) is 0.698. The van der Waals surface area contributed by atoms with Crippen LogP contribution in [0.5, 0.6) is 0 Å². The van der Waals surface area contributed by atoms with Crippen LogP contribution in [0, 0.1) is 20.2 Å². The number of nitro groups is 2. The first-order valence-corrected chi connectivity index (χ1v) is 3.59. The average Bonchev–Trinajstić information content (AvgIpc) is 2.14. The number of rotatable bonds is 3. The zero-order valence-corrected chi connectivity index (χ0v) is 7.87. The second-order valence-corrected chi connectivity index (χ2v) is 2.40. The van der Waals surface area contributed by atoms with E-state index in [1.54, 1.807) is 0 Å². The maximum absolute atomic E-state index is 11.1. The lowest BCUT2D eigenvalue weighted by Crippen LogP contribution is -2.50. The Hall–Kier alpha value is -2.26. The Labute approximate surface area is 83.1 Å². The molecule has 0 aliphatic rings. The smallest absolute Gasteiger partial charge is 0.341 e. The first-order valence-electron chi connectivity index (χ1n) is 3.59. The molecule has 15 heavy (non-hydrogen) atoms. The molecule has 0 saturated carbocycles. The molecule has 0 aliphatic carbocycles. The lowest BCUT2D eigenvalue weighted by atomic mass is 10.4. The van der Waals surface area contributed by atoms with Crippen molar-refractivity contribution >= 4 is 11.9 Å². The number of imide groups is 1. The van der Waals surface area contributed by atoms with Gasteiger partial charge < -0.3 is 5.32 Å². The third kappa shape index (κ3) is 2.86. The molecule has 10 nitrogen and oxygen atoms in total. The third-order valence-electron chi connectivity index (χ3n) is 1.47. The molecule has 10 heteroatoms. The van der Waals surface area contributed by atoms with E-state index >= 15 is 0 Å². The molecular weight excluding hydrogens is 212 g/mol. The van der Waals surface area contributed by atoms with Gasteiger partial charge in [0.15, 0.2) is 0 Å². The summed E-state index contributed by atoms with van der Waals surface area (Å²) in [5.74, 6) is -1.51. The summed E-state index contributed by atoms with van der Waals surface area (Å²) in [4.78, 5) is 39.9. The van der Waals surface area contributed by atoms with Crippen LogP contribution < -0.4 is 5.32 Å². The molecule has 0 aromatic heterocycles. The SMILES string of the molecule is CNC(=O)N(C)C(=O)C([N+](=O)[O-])[N+](=O)[O-]. The molecule has 0 unspecified atom stereocenters. The van der Waals surface area contributed by atoms with E-state index in [9.17, 15) is 29.8 Å². The van der Waals surface area contributed by atoms with Crippen LogP contribution in [0.1, 0.15) is 0 Å². The topological polar surface area (TPSA) is 136 Å². The summed E-state index contributed by atoms with van der Waals surface area (Å²) in [5.41, 5.74) is 0. The number of hydrogen-bond acceptors (Lipinski definition) is 6. The quantitative estimate of drug-likeness (QED) is 0.355. The summed E-state index contributed by atoms with van der Waals surface area (Å²) in [6.07, 6.45) is -2.66. The van der Waals surface area contributed by atoms with Gasteiger partial charge in [-0.05, 0) is 0 Å². The predicted octanol–water partition coefficient (Wildman–Crippen LogP) is -1.34. The van der Waals surface area contributed by atoms with Crippen molar-refractivity contribution in [3.63, 3.8) is 0 Å². The van der Waals surface area contributed by atoms with Gasteiger partial charge >= 0.3 is 18.1 Å². The summed E-state index contributed by atoms with van der Waals surface area (Å²) < 4.78 is 0. The minimum atomic E-state index is -2.66. The number of carbonyl (C=O) groups is 2. The molecule has 0 fully saturated rings. The summed E-state index contributed by atoms with van der Waals surface area (Å²) in [6.45, 7) is 0. The van der Waals surface area contributed by atoms with E-state index in [1.165, 1.54) is 7.05 Å². The van der Waals surface area contributed by atoms with Gasteiger partial charge in [0.2, 0.25) is 0 Å². The number of hydrogen-bond donors (Lipinski definition) is 1. The van der Waals surface area contributed by atoms with Crippen LogP contribution in [0.25, 0.3) is 0 Å². The number of nitrogens with one attached hydrogen (secondary N) is 1. The van der Waals surface area contributed by atoms with E-state index < -0.39 is 28.0 Å². The second kappa shape index (κ2) is 4.83. The lowest BCUT2D eigenvalue weighted by Gasteiger charge is -2.12. The van der Waals surface area contributed by atoms with Gasteiger partial charge in [-0.25, -0.2) is 4.79 Å². The number of amides is 3. The van der Waals surface area contributed by atoms with Crippen LogP contribution in [0.15, 0.2) is 0 Å². The predicted molar refractivity (Wildman–Crippen MR) is 45.0 cm³/mol. The van der Waals surface area contributed by atoms with Crippen molar-refractivity contribution in [3.05, 3.63) is 20.2 Å². The van der Waals surface area contributed by atoms with Crippen molar-refractivity contribution in [1.29, 1.82) is 0 Å². The first kappa shape index (κ1) is 12.7. The van der Waals surface area contributed by atoms with E-state index in [4.69, 9.17) is 0 Å². The lowest BCUT2D eigenvalue weighted by molar-refractivity contribution is -0.724.